The fourth-order valence-corrected chi connectivity index (χ4v) is 2.86. The molecule has 3 rings (SSSR count). The van der Waals surface area contributed by atoms with E-state index in [0.29, 0.717) is 17.1 Å². The van der Waals surface area contributed by atoms with E-state index in [1.165, 1.54) is 19.3 Å². The van der Waals surface area contributed by atoms with E-state index in [9.17, 15) is 0 Å². The van der Waals surface area contributed by atoms with Gasteiger partial charge in [0.05, 0.1) is 0 Å². The second-order valence-corrected chi connectivity index (χ2v) is 5.40. The molecule has 0 aliphatic heterocycles. The molecular weight excluding hydrogens is 235 g/mol. The van der Waals surface area contributed by atoms with E-state index >= 15 is 0 Å². The van der Waals surface area contributed by atoms with E-state index in [4.69, 9.17) is 13.6 Å². The minimum absolute atomic E-state index is 0.243. The molecule has 1 aliphatic carbocycles. The highest BCUT2D eigenvalue weighted by Crippen LogP contribution is 2.42. The first-order valence-electron chi connectivity index (χ1n) is 6.65. The summed E-state index contributed by atoms with van der Waals surface area (Å²) in [5.74, 6) is 1.85. The molecule has 5 heteroatoms. The number of nitrogens with two attached hydrogens (primary N) is 1. The summed E-state index contributed by atoms with van der Waals surface area (Å²) in [6.07, 6.45) is 5.49. The van der Waals surface area contributed by atoms with Crippen LogP contribution < -0.4 is 11.2 Å². The molecule has 1 aromatic carbocycles. The summed E-state index contributed by atoms with van der Waals surface area (Å²) in [5.41, 5.74) is 8.50. The van der Waals surface area contributed by atoms with Crippen LogP contribution in [0.3, 0.4) is 0 Å². The van der Waals surface area contributed by atoms with Crippen LogP contribution in [0.15, 0.2) is 24.5 Å². The molecule has 0 spiro atoms. The van der Waals surface area contributed by atoms with Crippen molar-refractivity contribution in [2.24, 2.45) is 13.0 Å². The third-order valence-electron chi connectivity index (χ3n) is 4.00. The van der Waals surface area contributed by atoms with Gasteiger partial charge in [0, 0.05) is 18.7 Å². The molecule has 1 heterocycles. The lowest BCUT2D eigenvalue weighted by Gasteiger charge is -2.33. The van der Waals surface area contributed by atoms with E-state index in [1.54, 1.807) is 12.4 Å². The monoisotopic (exact) mass is 252 g/mol. The Morgan fingerprint density at radius 3 is 2.68 bits per heavy atom. The molecule has 1 atom stereocenters. The van der Waals surface area contributed by atoms with Crippen molar-refractivity contribution >= 4 is 19.0 Å². The van der Waals surface area contributed by atoms with Gasteiger partial charge >= 0.3 is 0 Å². The maximum absolute atomic E-state index is 5.93. The largest absolute Gasteiger partial charge is 0.399 e. The van der Waals surface area contributed by atoms with Gasteiger partial charge in [0.2, 0.25) is 0 Å². The lowest BCUT2D eigenvalue weighted by molar-refractivity contribution is 0.275. The lowest BCUT2D eigenvalue weighted by atomic mass is 9.72. The molecule has 2 N–H and O–H groups in total. The quantitative estimate of drug-likeness (QED) is 0.658. The Bertz CT molecular complexity index is 569. The van der Waals surface area contributed by atoms with Crippen LogP contribution in [0.5, 0.6) is 0 Å². The van der Waals surface area contributed by atoms with Gasteiger partial charge in [0.15, 0.2) is 0 Å². The molecule has 1 aliphatic rings. The second kappa shape index (κ2) is 4.72. The third-order valence-corrected chi connectivity index (χ3v) is 4.00. The number of nitrogens with zero attached hydrogens (tertiary/aromatic N) is 3. The molecule has 2 radical (unpaired) electrons. The average molecular weight is 252 g/mol. The average Bonchev–Trinajstić information content (AvgIpc) is 2.68. The van der Waals surface area contributed by atoms with E-state index in [-0.39, 0.29) is 5.92 Å². The highest BCUT2D eigenvalue weighted by Gasteiger charge is 2.32. The zero-order valence-corrected chi connectivity index (χ0v) is 11.1. The summed E-state index contributed by atoms with van der Waals surface area (Å²) < 4.78 is 1.99. The molecule has 1 saturated carbocycles. The molecule has 19 heavy (non-hydrogen) atoms. The molecule has 1 fully saturated rings. The van der Waals surface area contributed by atoms with Gasteiger partial charge in [-0.1, -0.05) is 17.9 Å². The van der Waals surface area contributed by atoms with Crippen molar-refractivity contribution < 1.29 is 0 Å². The van der Waals surface area contributed by atoms with Gasteiger partial charge in [-0.25, -0.2) is 0 Å². The minimum atomic E-state index is 0.243. The molecule has 1 unspecified atom stereocenters. The van der Waals surface area contributed by atoms with Crippen LogP contribution in [0.2, 0.25) is 0 Å². The van der Waals surface area contributed by atoms with Crippen LogP contribution in [0.4, 0.5) is 5.69 Å². The molecular formula is C14H17BN4. The van der Waals surface area contributed by atoms with Crippen LogP contribution in [0.25, 0.3) is 0 Å². The fraction of sp³-hybridized carbons (Fsp3) is 0.429. The number of nitrogen functional groups attached to an aromatic ring is 1. The molecule has 0 amide bonds. The highest BCUT2D eigenvalue weighted by molar-refractivity contribution is 6.32. The molecule has 0 bridgehead atoms. The molecule has 96 valence electrons. The molecule has 1 aromatic heterocycles. The van der Waals surface area contributed by atoms with Gasteiger partial charge in [-0.15, -0.1) is 10.2 Å². The smallest absolute Gasteiger partial charge is 0.140 e. The summed E-state index contributed by atoms with van der Waals surface area (Å²) in [4.78, 5) is 0. The minimum Gasteiger partial charge on any atom is -0.399 e. The summed E-state index contributed by atoms with van der Waals surface area (Å²) >= 11 is 0. The first-order chi connectivity index (χ1) is 9.15. The van der Waals surface area contributed by atoms with E-state index in [1.807, 2.05) is 23.7 Å². The number of aryl methyl sites for hydroxylation is 1. The Morgan fingerprint density at radius 2 is 2.16 bits per heavy atom. The number of hydrogen-bond acceptors (Lipinski definition) is 3. The Morgan fingerprint density at radius 1 is 1.37 bits per heavy atom. The van der Waals surface area contributed by atoms with E-state index in [2.05, 4.69) is 10.2 Å². The predicted octanol–water partition coefficient (Wildman–Crippen LogP) is 1.12. The zero-order chi connectivity index (χ0) is 13.4. The van der Waals surface area contributed by atoms with Crippen molar-refractivity contribution in [2.75, 3.05) is 5.73 Å². The van der Waals surface area contributed by atoms with E-state index < -0.39 is 0 Å². The van der Waals surface area contributed by atoms with Gasteiger partial charge in [-0.05, 0) is 36.5 Å². The third kappa shape index (κ3) is 2.25. The van der Waals surface area contributed by atoms with Gasteiger partial charge in [0.25, 0.3) is 0 Å². The van der Waals surface area contributed by atoms with Crippen LogP contribution in [-0.2, 0) is 7.05 Å². The normalized spacial score (nSPS) is 17.1. The van der Waals surface area contributed by atoms with Crippen molar-refractivity contribution in [3.8, 4) is 0 Å². The number of anilines is 1. The van der Waals surface area contributed by atoms with Crippen LogP contribution in [0, 0.1) is 5.92 Å². The molecule has 2 aromatic rings. The van der Waals surface area contributed by atoms with Gasteiger partial charge in [-0.3, -0.25) is 0 Å². The maximum Gasteiger partial charge on any atom is 0.140 e. The Hall–Kier alpha value is -1.78. The van der Waals surface area contributed by atoms with E-state index in [0.717, 1.165) is 11.4 Å². The van der Waals surface area contributed by atoms with Crippen molar-refractivity contribution in [3.05, 3.63) is 35.9 Å². The fourth-order valence-electron chi connectivity index (χ4n) is 2.86. The topological polar surface area (TPSA) is 56.7 Å². The lowest BCUT2D eigenvalue weighted by Crippen LogP contribution is -2.25. The number of aromatic nitrogens is 3. The van der Waals surface area contributed by atoms with Gasteiger partial charge < -0.3 is 10.3 Å². The Labute approximate surface area is 114 Å². The van der Waals surface area contributed by atoms with Crippen LogP contribution in [-0.4, -0.2) is 22.6 Å². The van der Waals surface area contributed by atoms with Crippen LogP contribution >= 0.6 is 0 Å². The van der Waals surface area contributed by atoms with Crippen molar-refractivity contribution in [1.29, 1.82) is 0 Å². The molecule has 0 saturated heterocycles. The second-order valence-electron chi connectivity index (χ2n) is 5.40. The Kier molecular flexibility index (Phi) is 3.05. The van der Waals surface area contributed by atoms with Gasteiger partial charge in [0.1, 0.15) is 20.0 Å². The summed E-state index contributed by atoms with van der Waals surface area (Å²) in [6, 6.07) is 5.81. The standard InChI is InChI=1S/C14H17BN4/c1-19-8-17-18-14(19)13(9-3-2-4-9)10-5-11(15)7-12(16)6-10/h5-9,13H,2-4,16H2,1H3. The SMILES string of the molecule is [B]c1cc(N)cc(C(c2nncn2C)C2CCC2)c1. The highest BCUT2D eigenvalue weighted by atomic mass is 15.2. The van der Waals surface area contributed by atoms with Crippen LogP contribution in [0.1, 0.15) is 36.6 Å². The maximum atomic E-state index is 5.93. The summed E-state index contributed by atoms with van der Waals surface area (Å²) in [6.45, 7) is 0. The number of hydrogen-bond donors (Lipinski definition) is 1. The van der Waals surface area contributed by atoms with Crippen molar-refractivity contribution in [2.45, 2.75) is 25.2 Å². The van der Waals surface area contributed by atoms with Gasteiger partial charge in [-0.2, -0.15) is 0 Å². The van der Waals surface area contributed by atoms with Crippen molar-refractivity contribution in [1.82, 2.24) is 14.8 Å². The Balaban J connectivity index is 2.06. The number of benzene rings is 1. The number of rotatable bonds is 3. The zero-order valence-electron chi connectivity index (χ0n) is 11.1. The summed E-state index contributed by atoms with van der Waals surface area (Å²) in [5, 5.41) is 8.29. The first-order valence-corrected chi connectivity index (χ1v) is 6.65. The molecule has 4 nitrogen and oxygen atoms in total. The first kappa shape index (κ1) is 12.3. The summed E-state index contributed by atoms with van der Waals surface area (Å²) in [7, 11) is 7.91. The van der Waals surface area contributed by atoms with Crippen molar-refractivity contribution in [3.63, 3.8) is 0 Å². The predicted molar refractivity (Wildman–Crippen MR) is 76.4 cm³/mol.